The highest BCUT2D eigenvalue weighted by Gasteiger charge is 2.26. The van der Waals surface area contributed by atoms with Crippen molar-refractivity contribution in [1.82, 2.24) is 9.97 Å². The molecule has 0 unspecified atom stereocenters. The molecule has 1 aromatic heterocycles. The van der Waals surface area contributed by atoms with Crippen LogP contribution in [0, 0.1) is 0 Å². The van der Waals surface area contributed by atoms with Crippen molar-refractivity contribution < 1.29 is 18.3 Å². The molecule has 1 rings (SSSR count). The highest BCUT2D eigenvalue weighted by molar-refractivity contribution is 5.91. The maximum absolute atomic E-state index is 12.0. The van der Waals surface area contributed by atoms with Crippen LogP contribution in [0.3, 0.4) is 0 Å². The van der Waals surface area contributed by atoms with E-state index in [9.17, 15) is 13.2 Å². The number of nitrogens with zero attached hydrogens (tertiary/aromatic N) is 4. The summed E-state index contributed by atoms with van der Waals surface area (Å²) >= 11 is 0. The largest absolute Gasteiger partial charge is 0.408 e. The van der Waals surface area contributed by atoms with Gasteiger partial charge in [0.05, 0.1) is 6.61 Å². The lowest BCUT2D eigenvalue weighted by atomic mass is 10.5. The van der Waals surface area contributed by atoms with E-state index in [0.29, 0.717) is 12.5 Å². The highest BCUT2D eigenvalue weighted by Crippen LogP contribution is 2.14. The van der Waals surface area contributed by atoms with E-state index < -0.39 is 18.7 Å². The number of guanidine groups is 1. The summed E-state index contributed by atoms with van der Waals surface area (Å²) in [4.78, 5) is 12.7. The zero-order chi connectivity index (χ0) is 15.2. The maximum Gasteiger partial charge on any atom is 0.408 e. The van der Waals surface area contributed by atoms with E-state index in [1.165, 1.54) is 12.3 Å². The molecule has 0 spiro atoms. The molecule has 112 valence electrons. The van der Waals surface area contributed by atoms with Crippen LogP contribution in [0.25, 0.3) is 0 Å². The molecule has 0 saturated carbocycles. The van der Waals surface area contributed by atoms with Crippen LogP contribution in [0.15, 0.2) is 17.3 Å². The van der Waals surface area contributed by atoms with Gasteiger partial charge in [0.15, 0.2) is 5.96 Å². The van der Waals surface area contributed by atoms with Gasteiger partial charge in [-0.1, -0.05) is 0 Å². The first-order valence-electron chi connectivity index (χ1n) is 5.60. The number of aliphatic hydroxyl groups excluding tert-OH is 1. The third-order valence-corrected chi connectivity index (χ3v) is 2.10. The number of hydrogen-bond acceptors (Lipinski definition) is 5. The normalized spacial score (nSPS) is 12.3. The molecule has 0 aromatic carbocycles. The highest BCUT2D eigenvalue weighted by atomic mass is 19.4. The van der Waals surface area contributed by atoms with Gasteiger partial charge in [0, 0.05) is 19.8 Å². The monoisotopic (exact) mass is 292 g/mol. The number of hydrogen-bond donors (Lipinski definition) is 3. The van der Waals surface area contributed by atoms with Crippen molar-refractivity contribution in [2.45, 2.75) is 6.18 Å². The Labute approximate surface area is 113 Å². The van der Waals surface area contributed by atoms with Gasteiger partial charge in [-0.2, -0.15) is 18.2 Å². The van der Waals surface area contributed by atoms with E-state index in [2.05, 4.69) is 20.3 Å². The Hall–Kier alpha value is -2.10. The molecule has 20 heavy (non-hydrogen) atoms. The van der Waals surface area contributed by atoms with Crippen molar-refractivity contribution in [2.24, 2.45) is 10.7 Å². The average Bonchev–Trinajstić information content (AvgIpc) is 2.36. The molecule has 10 heteroatoms. The average molecular weight is 292 g/mol. The van der Waals surface area contributed by atoms with E-state index in [-0.39, 0.29) is 12.4 Å². The predicted octanol–water partition coefficient (Wildman–Crippen LogP) is 0.194. The Morgan fingerprint density at radius 1 is 1.55 bits per heavy atom. The molecule has 0 aliphatic heterocycles. The van der Waals surface area contributed by atoms with Gasteiger partial charge < -0.3 is 21.1 Å². The number of nitrogens with two attached hydrogens (primary N) is 1. The Kier molecular flexibility index (Phi) is 5.50. The molecule has 0 aliphatic carbocycles. The van der Waals surface area contributed by atoms with E-state index in [4.69, 9.17) is 10.8 Å². The molecule has 0 bridgehead atoms. The SMILES string of the molecule is CN(CCO)c1nccc(NC(N)=NCC(F)(F)F)n1. The lowest BCUT2D eigenvalue weighted by Crippen LogP contribution is -2.27. The zero-order valence-electron chi connectivity index (χ0n) is 10.7. The summed E-state index contributed by atoms with van der Waals surface area (Å²) in [5.41, 5.74) is 5.32. The topological polar surface area (TPSA) is 99.7 Å². The number of halogens is 3. The molecule has 0 fully saturated rings. The summed E-state index contributed by atoms with van der Waals surface area (Å²) in [6, 6.07) is 1.44. The molecule has 0 amide bonds. The lowest BCUT2D eigenvalue weighted by molar-refractivity contribution is -0.118. The summed E-state index contributed by atoms with van der Waals surface area (Å²) in [5, 5.41) is 11.2. The molecule has 7 nitrogen and oxygen atoms in total. The smallest absolute Gasteiger partial charge is 0.395 e. The number of aromatic nitrogens is 2. The van der Waals surface area contributed by atoms with E-state index >= 15 is 0 Å². The molecular weight excluding hydrogens is 277 g/mol. The van der Waals surface area contributed by atoms with Gasteiger partial charge in [0.2, 0.25) is 5.95 Å². The second-order valence-corrected chi connectivity index (χ2v) is 3.83. The Morgan fingerprint density at radius 2 is 2.25 bits per heavy atom. The molecule has 0 atom stereocenters. The van der Waals surface area contributed by atoms with Gasteiger partial charge in [0.1, 0.15) is 12.4 Å². The molecule has 4 N–H and O–H groups in total. The minimum Gasteiger partial charge on any atom is -0.395 e. The lowest BCUT2D eigenvalue weighted by Gasteiger charge is -2.16. The summed E-state index contributed by atoms with van der Waals surface area (Å²) < 4.78 is 35.9. The molecular formula is C10H15F3N6O. The number of likely N-dealkylation sites (N-methyl/N-ethyl adjacent to an activating group) is 1. The van der Waals surface area contributed by atoms with E-state index in [1.54, 1.807) is 11.9 Å². The van der Waals surface area contributed by atoms with Crippen LogP contribution in [0.4, 0.5) is 24.9 Å². The van der Waals surface area contributed by atoms with Crippen LogP contribution < -0.4 is 16.0 Å². The van der Waals surface area contributed by atoms with Crippen molar-refractivity contribution in [3.05, 3.63) is 12.3 Å². The number of anilines is 2. The third-order valence-electron chi connectivity index (χ3n) is 2.10. The molecule has 0 saturated heterocycles. The number of rotatable bonds is 5. The second kappa shape index (κ2) is 6.89. The minimum atomic E-state index is -4.41. The van der Waals surface area contributed by atoms with Crippen molar-refractivity contribution in [3.63, 3.8) is 0 Å². The number of aliphatic hydroxyl groups is 1. The molecule has 1 heterocycles. The Bertz CT molecular complexity index is 465. The van der Waals surface area contributed by atoms with Crippen molar-refractivity contribution in [3.8, 4) is 0 Å². The number of nitrogens with one attached hydrogen (secondary N) is 1. The van der Waals surface area contributed by atoms with Crippen LogP contribution in [-0.4, -0.2) is 54.0 Å². The van der Waals surface area contributed by atoms with Crippen LogP contribution in [-0.2, 0) is 0 Å². The maximum atomic E-state index is 12.0. The summed E-state index contributed by atoms with van der Waals surface area (Å²) in [5.74, 6) is 0.118. The first kappa shape index (κ1) is 16.0. The first-order chi connectivity index (χ1) is 9.31. The fraction of sp³-hybridized carbons (Fsp3) is 0.500. The molecule has 0 radical (unpaired) electrons. The van der Waals surface area contributed by atoms with Gasteiger partial charge in [-0.25, -0.2) is 9.98 Å². The van der Waals surface area contributed by atoms with Crippen molar-refractivity contribution in [1.29, 1.82) is 0 Å². The van der Waals surface area contributed by atoms with Gasteiger partial charge in [0.25, 0.3) is 0 Å². The van der Waals surface area contributed by atoms with Crippen LogP contribution in [0.1, 0.15) is 0 Å². The van der Waals surface area contributed by atoms with Gasteiger partial charge in [-0.3, -0.25) is 0 Å². The van der Waals surface area contributed by atoms with Crippen LogP contribution in [0.2, 0.25) is 0 Å². The van der Waals surface area contributed by atoms with Crippen LogP contribution in [0.5, 0.6) is 0 Å². The van der Waals surface area contributed by atoms with E-state index in [1.807, 2.05) is 0 Å². The fourth-order valence-electron chi connectivity index (χ4n) is 1.20. The summed E-state index contributed by atoms with van der Waals surface area (Å²) in [6.45, 7) is -1.12. The Balaban J connectivity index is 2.71. The predicted molar refractivity (Wildman–Crippen MR) is 68.6 cm³/mol. The minimum absolute atomic E-state index is 0.0767. The third kappa shape index (κ3) is 5.69. The van der Waals surface area contributed by atoms with Gasteiger partial charge in [-0.05, 0) is 6.07 Å². The summed E-state index contributed by atoms with van der Waals surface area (Å²) in [6.07, 6.45) is -3.00. The zero-order valence-corrected chi connectivity index (χ0v) is 10.7. The fourth-order valence-corrected chi connectivity index (χ4v) is 1.20. The van der Waals surface area contributed by atoms with Gasteiger partial charge in [-0.15, -0.1) is 0 Å². The Morgan fingerprint density at radius 3 is 2.85 bits per heavy atom. The van der Waals surface area contributed by atoms with E-state index in [0.717, 1.165) is 0 Å². The number of aliphatic imine (C=N–C) groups is 1. The molecule has 1 aromatic rings. The summed E-state index contributed by atoms with van der Waals surface area (Å²) in [7, 11) is 1.66. The quantitative estimate of drug-likeness (QED) is 0.529. The van der Waals surface area contributed by atoms with Crippen LogP contribution >= 0.6 is 0 Å². The molecule has 0 aliphatic rings. The standard InChI is InChI=1S/C10H15F3N6O/c1-19(4-5-20)9-15-3-2-7(18-9)17-8(14)16-6-10(11,12)13/h2-3,20H,4-6H2,1H3,(H3,14,15,16,17,18). The number of alkyl halides is 3. The van der Waals surface area contributed by atoms with Gasteiger partial charge >= 0.3 is 6.18 Å². The van der Waals surface area contributed by atoms with Crippen molar-refractivity contribution in [2.75, 3.05) is 37.0 Å². The first-order valence-corrected chi connectivity index (χ1v) is 5.60. The second-order valence-electron chi connectivity index (χ2n) is 3.83. The van der Waals surface area contributed by atoms with Crippen molar-refractivity contribution >= 4 is 17.7 Å².